The molecule has 2 aromatic rings. The van der Waals surface area contributed by atoms with Gasteiger partial charge in [0.1, 0.15) is 12.4 Å². The summed E-state index contributed by atoms with van der Waals surface area (Å²) in [6.07, 6.45) is 1.73. The van der Waals surface area contributed by atoms with E-state index in [9.17, 15) is 0 Å². The van der Waals surface area contributed by atoms with Crippen LogP contribution >= 0.6 is 0 Å². The van der Waals surface area contributed by atoms with E-state index in [1.807, 2.05) is 30.3 Å². The number of ether oxygens (including phenoxy) is 1. The molecular weight excluding hydrogens is 316 g/mol. The Labute approximate surface area is 149 Å². The predicted octanol–water partition coefficient (Wildman–Crippen LogP) is 3.23. The third-order valence-electron chi connectivity index (χ3n) is 3.60. The molecule has 25 heavy (non-hydrogen) atoms. The van der Waals surface area contributed by atoms with Crippen molar-refractivity contribution >= 4 is 5.96 Å². The number of rotatable bonds is 8. The third kappa shape index (κ3) is 5.67. The minimum absolute atomic E-state index is 0.349. The topological polar surface area (TPSA) is 71.7 Å². The van der Waals surface area contributed by atoms with E-state index in [-0.39, 0.29) is 0 Å². The maximum atomic E-state index is 5.67. The lowest BCUT2D eigenvalue weighted by Gasteiger charge is -2.13. The highest BCUT2D eigenvalue weighted by molar-refractivity contribution is 5.79. The first-order valence-corrected chi connectivity index (χ1v) is 8.35. The summed E-state index contributed by atoms with van der Waals surface area (Å²) in [5.41, 5.74) is 2.00. The van der Waals surface area contributed by atoms with Crippen molar-refractivity contribution < 1.29 is 9.26 Å². The number of hydrogen-bond donors (Lipinski definition) is 2. The molecule has 1 aromatic heterocycles. The summed E-state index contributed by atoms with van der Waals surface area (Å²) in [6.45, 7) is 9.44. The Kier molecular flexibility index (Phi) is 7.07. The molecule has 1 heterocycles. The average Bonchev–Trinajstić information content (AvgIpc) is 3.10. The molecule has 2 N–H and O–H groups in total. The number of aromatic nitrogens is 1. The summed E-state index contributed by atoms with van der Waals surface area (Å²) < 4.78 is 11.0. The maximum Gasteiger partial charge on any atom is 0.191 e. The van der Waals surface area contributed by atoms with Crippen molar-refractivity contribution in [2.75, 3.05) is 13.7 Å². The van der Waals surface area contributed by atoms with Crippen LogP contribution in [0.5, 0.6) is 5.75 Å². The summed E-state index contributed by atoms with van der Waals surface area (Å²) in [6, 6.07) is 9.85. The molecule has 6 heteroatoms. The molecule has 0 aliphatic carbocycles. The summed E-state index contributed by atoms with van der Waals surface area (Å²) in [5, 5.41) is 10.5. The average molecular weight is 342 g/mol. The van der Waals surface area contributed by atoms with Gasteiger partial charge in [0.05, 0.1) is 12.2 Å². The standard InChI is InChI=1S/C19H26N4O2/c1-5-10-24-18-9-7-6-8-15(18)12-21-19(20-4)22-13-16-11-17(14(2)3)23-25-16/h5-9,11,14H,1,10,12-13H2,2-4H3,(H2,20,21,22). The molecule has 0 aliphatic rings. The molecule has 2 rings (SSSR count). The van der Waals surface area contributed by atoms with Gasteiger partial charge in [0.25, 0.3) is 0 Å². The molecular formula is C19H26N4O2. The van der Waals surface area contributed by atoms with Gasteiger partial charge in [-0.25, -0.2) is 0 Å². The molecule has 0 amide bonds. The van der Waals surface area contributed by atoms with Crippen LogP contribution < -0.4 is 15.4 Å². The fourth-order valence-electron chi connectivity index (χ4n) is 2.19. The van der Waals surface area contributed by atoms with Crippen molar-refractivity contribution in [1.82, 2.24) is 15.8 Å². The van der Waals surface area contributed by atoms with Gasteiger partial charge in [0.2, 0.25) is 0 Å². The molecule has 6 nitrogen and oxygen atoms in total. The lowest BCUT2D eigenvalue weighted by molar-refractivity contribution is 0.358. The van der Waals surface area contributed by atoms with Crippen molar-refractivity contribution in [3.05, 3.63) is 60.0 Å². The smallest absolute Gasteiger partial charge is 0.191 e. The second-order valence-corrected chi connectivity index (χ2v) is 5.86. The zero-order valence-corrected chi connectivity index (χ0v) is 15.1. The quantitative estimate of drug-likeness (QED) is 0.438. The number of nitrogens with zero attached hydrogens (tertiary/aromatic N) is 2. The van der Waals surface area contributed by atoms with Crippen molar-refractivity contribution in [2.24, 2.45) is 4.99 Å². The fraction of sp³-hybridized carbons (Fsp3) is 0.368. The third-order valence-corrected chi connectivity index (χ3v) is 3.60. The fourth-order valence-corrected chi connectivity index (χ4v) is 2.19. The molecule has 0 saturated carbocycles. The van der Waals surface area contributed by atoms with E-state index < -0.39 is 0 Å². The molecule has 0 aliphatic heterocycles. The second-order valence-electron chi connectivity index (χ2n) is 5.86. The van der Waals surface area contributed by atoms with Gasteiger partial charge in [-0.3, -0.25) is 4.99 Å². The largest absolute Gasteiger partial charge is 0.489 e. The Morgan fingerprint density at radius 3 is 2.76 bits per heavy atom. The first kappa shape index (κ1) is 18.6. The van der Waals surface area contributed by atoms with Gasteiger partial charge in [0, 0.05) is 25.2 Å². The molecule has 134 valence electrons. The van der Waals surface area contributed by atoms with E-state index in [2.05, 4.69) is 41.2 Å². The molecule has 1 aromatic carbocycles. The monoisotopic (exact) mass is 342 g/mol. The van der Waals surface area contributed by atoms with E-state index in [4.69, 9.17) is 9.26 Å². The van der Waals surface area contributed by atoms with E-state index in [0.717, 1.165) is 22.8 Å². The maximum absolute atomic E-state index is 5.67. The number of nitrogens with one attached hydrogen (secondary N) is 2. The van der Waals surface area contributed by atoms with Crippen LogP contribution in [0.4, 0.5) is 0 Å². The summed E-state index contributed by atoms with van der Waals surface area (Å²) in [4.78, 5) is 4.23. The lowest BCUT2D eigenvalue weighted by Crippen LogP contribution is -2.36. The second kappa shape index (κ2) is 9.52. The Morgan fingerprint density at radius 1 is 1.32 bits per heavy atom. The number of para-hydroxylation sites is 1. The lowest BCUT2D eigenvalue weighted by atomic mass is 10.1. The van der Waals surface area contributed by atoms with Gasteiger partial charge in [-0.1, -0.05) is 49.9 Å². The molecule has 0 atom stereocenters. The van der Waals surface area contributed by atoms with Crippen molar-refractivity contribution in [3.63, 3.8) is 0 Å². The van der Waals surface area contributed by atoms with Crippen LogP contribution in [0.15, 0.2) is 52.5 Å². The van der Waals surface area contributed by atoms with Gasteiger partial charge in [-0.05, 0) is 12.0 Å². The number of hydrogen-bond acceptors (Lipinski definition) is 4. The van der Waals surface area contributed by atoms with Gasteiger partial charge in [-0.15, -0.1) is 0 Å². The molecule has 0 spiro atoms. The summed E-state index contributed by atoms with van der Waals surface area (Å²) in [7, 11) is 1.73. The van der Waals surface area contributed by atoms with E-state index in [1.165, 1.54) is 0 Å². The Hall–Kier alpha value is -2.76. The predicted molar refractivity (Wildman–Crippen MR) is 99.8 cm³/mol. The number of benzene rings is 1. The molecule has 0 fully saturated rings. The van der Waals surface area contributed by atoms with Crippen molar-refractivity contribution in [2.45, 2.75) is 32.9 Å². The van der Waals surface area contributed by atoms with Crippen LogP contribution in [0.3, 0.4) is 0 Å². The number of aliphatic imine (C=N–C) groups is 1. The highest BCUT2D eigenvalue weighted by Gasteiger charge is 2.09. The Morgan fingerprint density at radius 2 is 2.08 bits per heavy atom. The van der Waals surface area contributed by atoms with E-state index in [1.54, 1.807) is 13.1 Å². The zero-order valence-electron chi connectivity index (χ0n) is 15.1. The van der Waals surface area contributed by atoms with Gasteiger partial charge < -0.3 is 19.9 Å². The molecule has 0 bridgehead atoms. The molecule has 0 saturated heterocycles. The van der Waals surface area contributed by atoms with Crippen LogP contribution in [0.1, 0.15) is 36.8 Å². The highest BCUT2D eigenvalue weighted by Crippen LogP contribution is 2.17. The van der Waals surface area contributed by atoms with Gasteiger partial charge >= 0.3 is 0 Å². The molecule has 0 unspecified atom stereocenters. The van der Waals surface area contributed by atoms with Crippen LogP contribution in [0, 0.1) is 0 Å². The van der Waals surface area contributed by atoms with Crippen LogP contribution in [0.2, 0.25) is 0 Å². The van der Waals surface area contributed by atoms with Crippen molar-refractivity contribution in [1.29, 1.82) is 0 Å². The summed E-state index contributed by atoms with van der Waals surface area (Å²) >= 11 is 0. The van der Waals surface area contributed by atoms with Crippen LogP contribution in [-0.2, 0) is 13.1 Å². The Balaban J connectivity index is 1.89. The van der Waals surface area contributed by atoms with Gasteiger partial charge in [0.15, 0.2) is 11.7 Å². The minimum Gasteiger partial charge on any atom is -0.489 e. The van der Waals surface area contributed by atoms with Crippen LogP contribution in [-0.4, -0.2) is 24.8 Å². The normalized spacial score (nSPS) is 11.4. The van der Waals surface area contributed by atoms with E-state index >= 15 is 0 Å². The van der Waals surface area contributed by atoms with Crippen LogP contribution in [0.25, 0.3) is 0 Å². The Bertz CT molecular complexity index is 707. The van der Waals surface area contributed by atoms with Crippen molar-refractivity contribution in [3.8, 4) is 5.75 Å². The molecule has 0 radical (unpaired) electrons. The highest BCUT2D eigenvalue weighted by atomic mass is 16.5. The van der Waals surface area contributed by atoms with Gasteiger partial charge in [-0.2, -0.15) is 0 Å². The summed E-state index contributed by atoms with van der Waals surface area (Å²) in [5.74, 6) is 2.64. The number of guanidine groups is 1. The van der Waals surface area contributed by atoms with E-state index in [0.29, 0.717) is 31.6 Å². The SMILES string of the molecule is C=CCOc1ccccc1CNC(=NC)NCc1cc(C(C)C)no1. The zero-order chi connectivity index (χ0) is 18.1. The first-order chi connectivity index (χ1) is 12.1. The minimum atomic E-state index is 0.349. The first-order valence-electron chi connectivity index (χ1n) is 8.35.